The first-order valence-corrected chi connectivity index (χ1v) is 6.67. The van der Waals surface area contributed by atoms with Gasteiger partial charge in [0.15, 0.2) is 0 Å². The van der Waals surface area contributed by atoms with Gasteiger partial charge in [0.05, 0.1) is 9.16 Å². The van der Waals surface area contributed by atoms with Crippen molar-refractivity contribution in [1.29, 1.82) is 0 Å². The topological polar surface area (TPSA) is 12.0 Å². The van der Waals surface area contributed by atoms with Gasteiger partial charge in [-0.1, -0.05) is 0 Å². The Bertz CT molecular complexity index is 255. The van der Waals surface area contributed by atoms with E-state index in [1.54, 1.807) is 11.3 Å². The largest absolute Gasteiger partial charge is 0.302 e. The molecule has 66 valence electrons. The maximum Gasteiger partial charge on any atom is 0.0797 e. The average Bonchev–Trinajstić information content (AvgIpc) is 2.54. The molecule has 0 spiro atoms. The molecule has 1 nitrogen and oxygen atoms in total. The van der Waals surface area contributed by atoms with Crippen LogP contribution in [-0.2, 0) is 0 Å². The third kappa shape index (κ3) is 2.05. The molecule has 1 aromatic heterocycles. The van der Waals surface area contributed by atoms with Crippen LogP contribution in [0.4, 0.5) is 0 Å². The van der Waals surface area contributed by atoms with Crippen molar-refractivity contribution in [2.24, 2.45) is 0 Å². The van der Waals surface area contributed by atoms with Crippen molar-refractivity contribution in [2.45, 2.75) is 11.8 Å². The van der Waals surface area contributed by atoms with Crippen LogP contribution < -0.4 is 5.32 Å². The summed E-state index contributed by atoms with van der Waals surface area (Å²) in [7, 11) is 0. The molecule has 0 saturated carbocycles. The van der Waals surface area contributed by atoms with Gasteiger partial charge in [0.2, 0.25) is 0 Å². The van der Waals surface area contributed by atoms with Crippen LogP contribution in [0.15, 0.2) is 15.2 Å². The summed E-state index contributed by atoms with van der Waals surface area (Å²) in [4.78, 5) is 0. The van der Waals surface area contributed by atoms with E-state index in [2.05, 4.69) is 32.7 Å². The van der Waals surface area contributed by atoms with E-state index in [4.69, 9.17) is 0 Å². The Hall–Kier alpha value is 0.490. The number of hydrogen-bond acceptors (Lipinski definition) is 3. The SMILES string of the molecule is Brc1cc(C2NCCCS2)cs1. The van der Waals surface area contributed by atoms with Crippen molar-refractivity contribution in [1.82, 2.24) is 5.32 Å². The molecule has 0 aliphatic carbocycles. The highest BCUT2D eigenvalue weighted by Gasteiger charge is 2.15. The van der Waals surface area contributed by atoms with Crippen molar-refractivity contribution >= 4 is 39.0 Å². The second-order valence-electron chi connectivity index (χ2n) is 2.74. The van der Waals surface area contributed by atoms with E-state index in [0.717, 1.165) is 6.54 Å². The van der Waals surface area contributed by atoms with E-state index in [1.165, 1.54) is 21.5 Å². The molecular formula is C8H10BrNS2. The van der Waals surface area contributed by atoms with Gasteiger partial charge in [-0.3, -0.25) is 0 Å². The van der Waals surface area contributed by atoms with Crippen LogP contribution in [0, 0.1) is 0 Å². The fourth-order valence-corrected chi connectivity index (χ4v) is 3.64. The summed E-state index contributed by atoms with van der Waals surface area (Å²) in [6.45, 7) is 1.16. The molecule has 2 heterocycles. The Balaban J connectivity index is 2.08. The van der Waals surface area contributed by atoms with Gasteiger partial charge in [-0.15, -0.1) is 23.1 Å². The lowest BCUT2D eigenvalue weighted by Gasteiger charge is -2.21. The summed E-state index contributed by atoms with van der Waals surface area (Å²) in [5, 5.41) is 6.25. The van der Waals surface area contributed by atoms with Crippen molar-refractivity contribution in [3.05, 3.63) is 20.8 Å². The summed E-state index contributed by atoms with van der Waals surface area (Å²) in [6.07, 6.45) is 1.30. The molecule has 1 aliphatic heterocycles. The zero-order valence-electron chi connectivity index (χ0n) is 6.55. The first kappa shape index (κ1) is 9.06. The number of nitrogens with one attached hydrogen (secondary N) is 1. The van der Waals surface area contributed by atoms with Gasteiger partial charge >= 0.3 is 0 Å². The van der Waals surface area contributed by atoms with Crippen LogP contribution in [0.25, 0.3) is 0 Å². The minimum Gasteiger partial charge on any atom is -0.302 e. The number of halogens is 1. The smallest absolute Gasteiger partial charge is 0.0797 e. The first-order chi connectivity index (χ1) is 5.86. The highest BCUT2D eigenvalue weighted by molar-refractivity contribution is 9.11. The maximum atomic E-state index is 3.50. The fourth-order valence-electron chi connectivity index (χ4n) is 1.24. The van der Waals surface area contributed by atoms with Crippen LogP contribution >= 0.6 is 39.0 Å². The van der Waals surface area contributed by atoms with Crippen LogP contribution in [0.5, 0.6) is 0 Å². The van der Waals surface area contributed by atoms with Crippen LogP contribution in [0.2, 0.25) is 0 Å². The van der Waals surface area contributed by atoms with Crippen molar-refractivity contribution in [3.63, 3.8) is 0 Å². The summed E-state index contributed by atoms with van der Waals surface area (Å²) in [6, 6.07) is 2.21. The van der Waals surface area contributed by atoms with Gasteiger partial charge < -0.3 is 5.32 Å². The Labute approximate surface area is 89.1 Å². The Morgan fingerprint density at radius 1 is 1.58 bits per heavy atom. The fraction of sp³-hybridized carbons (Fsp3) is 0.500. The molecule has 1 N–H and O–H groups in total. The van der Waals surface area contributed by atoms with Gasteiger partial charge in [-0.2, -0.15) is 0 Å². The summed E-state index contributed by atoms with van der Waals surface area (Å²) in [5.74, 6) is 1.28. The monoisotopic (exact) mass is 263 g/mol. The molecule has 0 radical (unpaired) electrons. The van der Waals surface area contributed by atoms with Gasteiger partial charge in [-0.25, -0.2) is 0 Å². The second kappa shape index (κ2) is 4.13. The van der Waals surface area contributed by atoms with Crippen LogP contribution in [0.1, 0.15) is 17.4 Å². The Morgan fingerprint density at radius 3 is 3.08 bits per heavy atom. The number of rotatable bonds is 1. The molecule has 0 amide bonds. The van der Waals surface area contributed by atoms with E-state index >= 15 is 0 Å². The lowest BCUT2D eigenvalue weighted by molar-refractivity contribution is 0.644. The molecule has 4 heteroatoms. The molecule has 0 bridgehead atoms. The highest BCUT2D eigenvalue weighted by Crippen LogP contribution is 2.33. The summed E-state index contributed by atoms with van der Waals surface area (Å²) < 4.78 is 1.23. The van der Waals surface area contributed by atoms with Gasteiger partial charge in [0.1, 0.15) is 0 Å². The molecule has 1 saturated heterocycles. The van der Waals surface area contributed by atoms with Gasteiger partial charge in [0.25, 0.3) is 0 Å². The molecule has 0 aromatic carbocycles. The highest BCUT2D eigenvalue weighted by atomic mass is 79.9. The molecule has 1 unspecified atom stereocenters. The lowest BCUT2D eigenvalue weighted by Crippen LogP contribution is -2.24. The van der Waals surface area contributed by atoms with E-state index in [9.17, 15) is 0 Å². The molecular weight excluding hydrogens is 254 g/mol. The quantitative estimate of drug-likeness (QED) is 0.835. The average molecular weight is 264 g/mol. The number of thioether (sulfide) groups is 1. The van der Waals surface area contributed by atoms with E-state index in [0.29, 0.717) is 5.37 Å². The van der Waals surface area contributed by atoms with E-state index in [-0.39, 0.29) is 0 Å². The lowest BCUT2D eigenvalue weighted by atomic mass is 10.3. The summed E-state index contributed by atoms with van der Waals surface area (Å²) in [5.41, 5.74) is 1.41. The third-order valence-electron chi connectivity index (χ3n) is 1.83. The minimum absolute atomic E-state index is 0.529. The predicted molar refractivity (Wildman–Crippen MR) is 59.8 cm³/mol. The minimum atomic E-state index is 0.529. The Morgan fingerprint density at radius 2 is 2.50 bits per heavy atom. The standard InChI is InChI=1S/C8H10BrNS2/c9-7-4-6(5-12-7)8-10-2-1-3-11-8/h4-5,8,10H,1-3H2. The van der Waals surface area contributed by atoms with Crippen LogP contribution in [-0.4, -0.2) is 12.3 Å². The third-order valence-corrected chi connectivity index (χ3v) is 4.65. The number of thiophene rings is 1. The van der Waals surface area contributed by atoms with Gasteiger partial charge in [0, 0.05) is 0 Å². The normalized spacial score (nSPS) is 24.2. The molecule has 2 rings (SSSR count). The zero-order chi connectivity index (χ0) is 8.39. The predicted octanol–water partition coefficient (Wildman–Crippen LogP) is 3.24. The first-order valence-electron chi connectivity index (χ1n) is 3.95. The molecule has 1 aliphatic rings. The summed E-state index contributed by atoms with van der Waals surface area (Å²) >= 11 is 7.25. The zero-order valence-corrected chi connectivity index (χ0v) is 9.77. The van der Waals surface area contributed by atoms with E-state index < -0.39 is 0 Å². The second-order valence-corrected chi connectivity index (χ2v) is 6.25. The molecule has 12 heavy (non-hydrogen) atoms. The molecule has 1 atom stereocenters. The van der Waals surface area contributed by atoms with E-state index in [1.807, 2.05) is 11.8 Å². The molecule has 1 aromatic rings. The van der Waals surface area contributed by atoms with Gasteiger partial charge in [-0.05, 0) is 51.7 Å². The Kier molecular flexibility index (Phi) is 3.12. The number of hydrogen-bond donors (Lipinski definition) is 1. The van der Waals surface area contributed by atoms with Crippen molar-refractivity contribution in [3.8, 4) is 0 Å². The molecule has 1 fully saturated rings. The van der Waals surface area contributed by atoms with Crippen molar-refractivity contribution in [2.75, 3.05) is 12.3 Å². The van der Waals surface area contributed by atoms with Crippen LogP contribution in [0.3, 0.4) is 0 Å². The van der Waals surface area contributed by atoms with Crippen molar-refractivity contribution < 1.29 is 0 Å². The maximum absolute atomic E-state index is 3.50.